The smallest absolute Gasteiger partial charge is 0.291 e. The van der Waals surface area contributed by atoms with Crippen molar-refractivity contribution in [2.75, 3.05) is 17.2 Å². The van der Waals surface area contributed by atoms with Crippen molar-refractivity contribution in [3.05, 3.63) is 47.9 Å². The third kappa shape index (κ3) is 2.09. The van der Waals surface area contributed by atoms with E-state index in [9.17, 15) is 4.79 Å². The van der Waals surface area contributed by atoms with Crippen molar-refractivity contribution in [3.63, 3.8) is 0 Å². The Morgan fingerprint density at radius 2 is 2.28 bits per heavy atom. The van der Waals surface area contributed by atoms with Crippen LogP contribution in [-0.4, -0.2) is 12.5 Å². The van der Waals surface area contributed by atoms with E-state index >= 15 is 0 Å². The van der Waals surface area contributed by atoms with Crippen LogP contribution in [0.15, 0.2) is 41.0 Å². The van der Waals surface area contributed by atoms with Gasteiger partial charge in [0.1, 0.15) is 0 Å². The van der Waals surface area contributed by atoms with Crippen LogP contribution in [0.4, 0.5) is 11.4 Å². The molecule has 3 rings (SSSR count). The van der Waals surface area contributed by atoms with E-state index in [1.165, 1.54) is 11.8 Å². The van der Waals surface area contributed by atoms with Crippen LogP contribution in [0.1, 0.15) is 22.5 Å². The topological polar surface area (TPSA) is 54.3 Å². The van der Waals surface area contributed by atoms with Crippen LogP contribution in [0.2, 0.25) is 0 Å². The lowest BCUT2D eigenvalue weighted by molar-refractivity contribution is 0.0996. The number of anilines is 2. The molecule has 2 heterocycles. The van der Waals surface area contributed by atoms with Crippen LogP contribution in [-0.2, 0) is 6.42 Å². The molecule has 0 atom stereocenters. The molecule has 0 saturated carbocycles. The van der Waals surface area contributed by atoms with Gasteiger partial charge in [-0.3, -0.25) is 4.79 Å². The van der Waals surface area contributed by atoms with E-state index in [-0.39, 0.29) is 5.91 Å². The SMILES string of the molecule is O=C(Nc1ccc2c(c1)NCCC2)c1ccco1. The summed E-state index contributed by atoms with van der Waals surface area (Å²) in [6, 6.07) is 9.29. The zero-order valence-electron chi connectivity index (χ0n) is 9.90. The van der Waals surface area contributed by atoms with Gasteiger partial charge in [-0.05, 0) is 42.7 Å². The monoisotopic (exact) mass is 242 g/mol. The molecule has 0 fully saturated rings. The second kappa shape index (κ2) is 4.56. The molecule has 0 unspecified atom stereocenters. The van der Waals surface area contributed by atoms with Crippen molar-refractivity contribution in [1.29, 1.82) is 0 Å². The van der Waals surface area contributed by atoms with Gasteiger partial charge in [-0.15, -0.1) is 0 Å². The first kappa shape index (κ1) is 10.9. The van der Waals surface area contributed by atoms with Gasteiger partial charge in [-0.2, -0.15) is 0 Å². The van der Waals surface area contributed by atoms with E-state index in [0.29, 0.717) is 5.76 Å². The number of fused-ring (bicyclic) bond motifs is 1. The zero-order chi connectivity index (χ0) is 12.4. The Balaban J connectivity index is 1.79. The Labute approximate surface area is 105 Å². The third-order valence-electron chi connectivity index (χ3n) is 3.05. The molecule has 18 heavy (non-hydrogen) atoms. The summed E-state index contributed by atoms with van der Waals surface area (Å²) in [4.78, 5) is 11.8. The fourth-order valence-electron chi connectivity index (χ4n) is 2.14. The summed E-state index contributed by atoms with van der Waals surface area (Å²) in [7, 11) is 0. The molecule has 2 aromatic rings. The number of nitrogens with one attached hydrogen (secondary N) is 2. The standard InChI is InChI=1S/C14H14N2O2/c17-14(13-4-2-8-18-13)16-11-6-5-10-3-1-7-15-12(10)9-11/h2,4-6,8-9,15H,1,3,7H2,(H,16,17). The van der Waals surface area contributed by atoms with Gasteiger partial charge < -0.3 is 15.1 Å². The highest BCUT2D eigenvalue weighted by Crippen LogP contribution is 2.25. The van der Waals surface area contributed by atoms with Crippen molar-refractivity contribution in [1.82, 2.24) is 0 Å². The number of rotatable bonds is 2. The molecule has 92 valence electrons. The van der Waals surface area contributed by atoms with E-state index in [4.69, 9.17) is 4.42 Å². The molecule has 4 heteroatoms. The highest BCUT2D eigenvalue weighted by atomic mass is 16.3. The highest BCUT2D eigenvalue weighted by Gasteiger charge is 2.12. The highest BCUT2D eigenvalue weighted by molar-refractivity contribution is 6.02. The Morgan fingerprint density at radius 3 is 3.11 bits per heavy atom. The Kier molecular flexibility index (Phi) is 2.76. The summed E-state index contributed by atoms with van der Waals surface area (Å²) >= 11 is 0. The van der Waals surface area contributed by atoms with Crippen molar-refractivity contribution < 1.29 is 9.21 Å². The number of hydrogen-bond acceptors (Lipinski definition) is 3. The Hall–Kier alpha value is -2.23. The van der Waals surface area contributed by atoms with Crippen LogP contribution in [0, 0.1) is 0 Å². The van der Waals surface area contributed by atoms with Crippen LogP contribution < -0.4 is 10.6 Å². The summed E-state index contributed by atoms with van der Waals surface area (Å²) in [6.45, 7) is 0.989. The minimum Gasteiger partial charge on any atom is -0.459 e. The predicted molar refractivity (Wildman–Crippen MR) is 69.9 cm³/mol. The van der Waals surface area contributed by atoms with Crippen molar-refractivity contribution in [3.8, 4) is 0 Å². The average molecular weight is 242 g/mol. The summed E-state index contributed by atoms with van der Waals surface area (Å²) in [5.41, 5.74) is 3.19. The predicted octanol–water partition coefficient (Wildman–Crippen LogP) is 2.89. The van der Waals surface area contributed by atoms with Gasteiger partial charge in [0.15, 0.2) is 5.76 Å². The van der Waals surface area contributed by atoms with Crippen molar-refractivity contribution >= 4 is 17.3 Å². The van der Waals surface area contributed by atoms with E-state index in [1.54, 1.807) is 12.1 Å². The summed E-state index contributed by atoms with van der Waals surface area (Å²) < 4.78 is 5.05. The molecule has 0 bridgehead atoms. The summed E-state index contributed by atoms with van der Waals surface area (Å²) in [6.07, 6.45) is 3.74. The van der Waals surface area contributed by atoms with Gasteiger partial charge in [-0.25, -0.2) is 0 Å². The second-order valence-corrected chi connectivity index (χ2v) is 4.33. The zero-order valence-corrected chi connectivity index (χ0v) is 9.90. The Morgan fingerprint density at radius 1 is 1.33 bits per heavy atom. The normalized spacial score (nSPS) is 13.6. The lowest BCUT2D eigenvalue weighted by Crippen LogP contribution is -2.14. The van der Waals surface area contributed by atoms with E-state index in [2.05, 4.69) is 16.7 Å². The number of benzene rings is 1. The molecule has 1 aromatic heterocycles. The maximum Gasteiger partial charge on any atom is 0.291 e. The first-order valence-electron chi connectivity index (χ1n) is 6.04. The van der Waals surface area contributed by atoms with E-state index in [0.717, 1.165) is 30.8 Å². The molecule has 0 saturated heterocycles. The lowest BCUT2D eigenvalue weighted by Gasteiger charge is -2.18. The largest absolute Gasteiger partial charge is 0.459 e. The quantitative estimate of drug-likeness (QED) is 0.851. The van der Waals surface area contributed by atoms with Crippen LogP contribution in [0.25, 0.3) is 0 Å². The number of carbonyl (C=O) groups is 1. The van der Waals surface area contributed by atoms with Gasteiger partial charge in [0.2, 0.25) is 0 Å². The summed E-state index contributed by atoms with van der Waals surface area (Å²) in [5.74, 6) is 0.0939. The molecule has 0 spiro atoms. The first-order chi connectivity index (χ1) is 8.83. The van der Waals surface area contributed by atoms with E-state index in [1.807, 2.05) is 12.1 Å². The van der Waals surface area contributed by atoms with Gasteiger partial charge in [-0.1, -0.05) is 6.07 Å². The number of furan rings is 1. The molecule has 1 amide bonds. The Bertz CT molecular complexity index is 561. The molecule has 0 radical (unpaired) electrons. The fourth-order valence-corrected chi connectivity index (χ4v) is 2.14. The van der Waals surface area contributed by atoms with Crippen LogP contribution in [0.3, 0.4) is 0 Å². The van der Waals surface area contributed by atoms with Crippen LogP contribution in [0.5, 0.6) is 0 Å². The maximum absolute atomic E-state index is 11.8. The van der Waals surface area contributed by atoms with Crippen molar-refractivity contribution in [2.45, 2.75) is 12.8 Å². The molecular weight excluding hydrogens is 228 g/mol. The van der Waals surface area contributed by atoms with Crippen LogP contribution >= 0.6 is 0 Å². The number of amides is 1. The minimum atomic E-state index is -0.226. The van der Waals surface area contributed by atoms with E-state index < -0.39 is 0 Å². The number of carbonyl (C=O) groups excluding carboxylic acids is 1. The minimum absolute atomic E-state index is 0.226. The molecule has 2 N–H and O–H groups in total. The van der Waals surface area contributed by atoms with Gasteiger partial charge in [0.05, 0.1) is 6.26 Å². The molecule has 0 aliphatic carbocycles. The van der Waals surface area contributed by atoms with Gasteiger partial charge in [0.25, 0.3) is 5.91 Å². The number of aryl methyl sites for hydroxylation is 1. The maximum atomic E-state index is 11.8. The molecule has 1 aromatic carbocycles. The fraction of sp³-hybridized carbons (Fsp3) is 0.214. The summed E-state index contributed by atoms with van der Waals surface area (Å²) in [5, 5.41) is 6.16. The molecule has 1 aliphatic rings. The first-order valence-corrected chi connectivity index (χ1v) is 6.04. The number of hydrogen-bond donors (Lipinski definition) is 2. The molecular formula is C14H14N2O2. The van der Waals surface area contributed by atoms with Gasteiger partial charge >= 0.3 is 0 Å². The van der Waals surface area contributed by atoms with Gasteiger partial charge in [0, 0.05) is 17.9 Å². The average Bonchev–Trinajstić information content (AvgIpc) is 2.92. The van der Waals surface area contributed by atoms with Crippen molar-refractivity contribution in [2.24, 2.45) is 0 Å². The molecule has 1 aliphatic heterocycles. The third-order valence-corrected chi connectivity index (χ3v) is 3.05. The lowest BCUT2D eigenvalue weighted by atomic mass is 10.0. The molecule has 4 nitrogen and oxygen atoms in total. The second-order valence-electron chi connectivity index (χ2n) is 4.33.